The third kappa shape index (κ3) is 4.86. The highest BCUT2D eigenvalue weighted by molar-refractivity contribution is 9.10. The molecule has 1 rings (SSSR count). The number of nitrogens with one attached hydrogen (secondary N) is 1. The third-order valence-electron chi connectivity index (χ3n) is 2.56. The van der Waals surface area contributed by atoms with E-state index in [4.69, 9.17) is 14.6 Å². The molecule has 5 heteroatoms. The van der Waals surface area contributed by atoms with Gasteiger partial charge in [-0.05, 0) is 40.5 Å². The average Bonchev–Trinajstić information content (AvgIpc) is 2.42. The molecule has 2 N–H and O–H groups in total. The summed E-state index contributed by atoms with van der Waals surface area (Å²) in [7, 11) is 1.61. The maximum absolute atomic E-state index is 8.98. The summed E-state index contributed by atoms with van der Waals surface area (Å²) >= 11 is 3.48. The lowest BCUT2D eigenvalue weighted by atomic mass is 10.2. The number of benzene rings is 1. The maximum atomic E-state index is 8.98. The minimum Gasteiger partial charge on any atom is -0.493 e. The minimum absolute atomic E-state index is 0.0569. The molecule has 19 heavy (non-hydrogen) atoms. The van der Waals surface area contributed by atoms with Crippen LogP contribution in [0.4, 0.5) is 0 Å². The molecule has 0 saturated heterocycles. The van der Waals surface area contributed by atoms with Gasteiger partial charge in [0.25, 0.3) is 0 Å². The molecule has 0 amide bonds. The monoisotopic (exact) mass is 329 g/mol. The van der Waals surface area contributed by atoms with E-state index in [0.29, 0.717) is 24.7 Å². The molecule has 1 aromatic carbocycles. The molecule has 0 aliphatic rings. The van der Waals surface area contributed by atoms with Gasteiger partial charge in [-0.2, -0.15) is 0 Å². The van der Waals surface area contributed by atoms with Gasteiger partial charge in [0.1, 0.15) is 6.61 Å². The fraction of sp³-hybridized carbons (Fsp3) is 0.429. The molecular formula is C14H20BrNO3. The summed E-state index contributed by atoms with van der Waals surface area (Å²) in [4.78, 5) is 0. The van der Waals surface area contributed by atoms with E-state index in [1.165, 1.54) is 0 Å². The number of aliphatic hydroxyl groups excluding tert-OH is 1. The van der Waals surface area contributed by atoms with Gasteiger partial charge in [0.15, 0.2) is 11.5 Å². The van der Waals surface area contributed by atoms with Crippen LogP contribution in [0.15, 0.2) is 29.3 Å². The van der Waals surface area contributed by atoms with Gasteiger partial charge in [0, 0.05) is 12.6 Å². The van der Waals surface area contributed by atoms with E-state index >= 15 is 0 Å². The number of methoxy groups -OCH3 is 1. The van der Waals surface area contributed by atoms with Crippen LogP contribution in [0.3, 0.4) is 0 Å². The van der Waals surface area contributed by atoms with Crippen molar-refractivity contribution in [2.45, 2.75) is 19.5 Å². The number of hydrogen-bond donors (Lipinski definition) is 2. The smallest absolute Gasteiger partial charge is 0.175 e. The molecule has 0 unspecified atom stereocenters. The topological polar surface area (TPSA) is 50.7 Å². The Bertz CT molecular complexity index is 423. The zero-order valence-corrected chi connectivity index (χ0v) is 12.9. The van der Waals surface area contributed by atoms with E-state index in [1.807, 2.05) is 19.1 Å². The summed E-state index contributed by atoms with van der Waals surface area (Å²) in [6, 6.07) is 3.94. The van der Waals surface area contributed by atoms with E-state index in [9.17, 15) is 0 Å². The molecule has 0 fully saturated rings. The zero-order chi connectivity index (χ0) is 14.3. The molecule has 0 aromatic heterocycles. The SMILES string of the molecule is C=CCOc1c(Br)cc(CN[C@H](C)CO)cc1OC. The molecule has 0 saturated carbocycles. The van der Waals surface area contributed by atoms with Crippen LogP contribution in [0, 0.1) is 0 Å². The second kappa shape index (κ2) is 8.19. The third-order valence-corrected chi connectivity index (χ3v) is 3.15. The van der Waals surface area contributed by atoms with Crippen molar-refractivity contribution in [3.05, 3.63) is 34.8 Å². The summed E-state index contributed by atoms with van der Waals surface area (Å²) < 4.78 is 11.7. The van der Waals surface area contributed by atoms with Crippen molar-refractivity contribution in [3.63, 3.8) is 0 Å². The van der Waals surface area contributed by atoms with Gasteiger partial charge in [-0.1, -0.05) is 12.7 Å². The van der Waals surface area contributed by atoms with Crippen molar-refractivity contribution in [2.24, 2.45) is 0 Å². The highest BCUT2D eigenvalue weighted by Crippen LogP contribution is 2.36. The Balaban J connectivity index is 2.85. The number of rotatable bonds is 8. The number of hydrogen-bond acceptors (Lipinski definition) is 4. The van der Waals surface area contributed by atoms with Gasteiger partial charge in [-0.3, -0.25) is 0 Å². The summed E-state index contributed by atoms with van der Waals surface area (Å²) in [6.07, 6.45) is 1.68. The Hall–Kier alpha value is -1.04. The first-order chi connectivity index (χ1) is 9.12. The van der Waals surface area contributed by atoms with Crippen molar-refractivity contribution >= 4 is 15.9 Å². The number of aliphatic hydroxyl groups is 1. The van der Waals surface area contributed by atoms with Crippen LogP contribution in [0.5, 0.6) is 11.5 Å². The fourth-order valence-electron chi connectivity index (χ4n) is 1.51. The van der Waals surface area contributed by atoms with Crippen molar-refractivity contribution in [1.29, 1.82) is 0 Å². The molecule has 0 bridgehead atoms. The standard InChI is InChI=1S/C14H20BrNO3/c1-4-5-19-14-12(15)6-11(7-13(14)18-3)8-16-10(2)9-17/h4,6-7,10,16-17H,1,5,8-9H2,2-3H3/t10-/m1/s1. The van der Waals surface area contributed by atoms with Crippen LogP contribution >= 0.6 is 15.9 Å². The van der Waals surface area contributed by atoms with E-state index in [1.54, 1.807) is 13.2 Å². The predicted molar refractivity (Wildman–Crippen MR) is 79.8 cm³/mol. The quantitative estimate of drug-likeness (QED) is 0.719. The molecule has 0 spiro atoms. The lowest BCUT2D eigenvalue weighted by Crippen LogP contribution is -2.28. The zero-order valence-electron chi connectivity index (χ0n) is 11.3. The highest BCUT2D eigenvalue weighted by Gasteiger charge is 2.11. The summed E-state index contributed by atoms with van der Waals surface area (Å²) in [5.74, 6) is 1.34. The summed E-state index contributed by atoms with van der Waals surface area (Å²) in [5.41, 5.74) is 1.05. The van der Waals surface area contributed by atoms with Crippen molar-refractivity contribution < 1.29 is 14.6 Å². The molecule has 4 nitrogen and oxygen atoms in total. The Morgan fingerprint density at radius 2 is 2.26 bits per heavy atom. The van der Waals surface area contributed by atoms with Gasteiger partial charge in [-0.25, -0.2) is 0 Å². The Kier molecular flexibility index (Phi) is 6.91. The molecule has 106 valence electrons. The predicted octanol–water partition coefficient (Wildman–Crippen LogP) is 2.49. The lowest BCUT2D eigenvalue weighted by molar-refractivity contribution is 0.251. The average molecular weight is 330 g/mol. The van der Waals surface area contributed by atoms with E-state index < -0.39 is 0 Å². The lowest BCUT2D eigenvalue weighted by Gasteiger charge is -2.15. The van der Waals surface area contributed by atoms with Crippen LogP contribution in [0.2, 0.25) is 0 Å². The molecule has 1 aromatic rings. The second-order valence-electron chi connectivity index (χ2n) is 4.17. The fourth-order valence-corrected chi connectivity index (χ4v) is 2.12. The minimum atomic E-state index is 0.0569. The number of ether oxygens (including phenoxy) is 2. The molecule has 0 aliphatic carbocycles. The first-order valence-electron chi connectivity index (χ1n) is 6.06. The van der Waals surface area contributed by atoms with Crippen molar-refractivity contribution in [3.8, 4) is 11.5 Å². The summed E-state index contributed by atoms with van der Waals surface area (Å²) in [5, 5.41) is 12.2. The van der Waals surface area contributed by atoms with E-state index in [2.05, 4.69) is 27.8 Å². The maximum Gasteiger partial charge on any atom is 0.175 e. The van der Waals surface area contributed by atoms with Crippen LogP contribution in [-0.2, 0) is 6.54 Å². The van der Waals surface area contributed by atoms with Gasteiger partial charge < -0.3 is 19.9 Å². The highest BCUT2D eigenvalue weighted by atomic mass is 79.9. The molecule has 0 radical (unpaired) electrons. The van der Waals surface area contributed by atoms with Crippen molar-refractivity contribution in [2.75, 3.05) is 20.3 Å². The second-order valence-corrected chi connectivity index (χ2v) is 5.03. The van der Waals surface area contributed by atoms with Gasteiger partial charge in [0.2, 0.25) is 0 Å². The molecule has 0 heterocycles. The van der Waals surface area contributed by atoms with E-state index in [0.717, 1.165) is 10.0 Å². The van der Waals surface area contributed by atoms with Gasteiger partial charge in [0.05, 0.1) is 18.2 Å². The van der Waals surface area contributed by atoms with Crippen molar-refractivity contribution in [1.82, 2.24) is 5.32 Å². The Morgan fingerprint density at radius 3 is 2.84 bits per heavy atom. The van der Waals surface area contributed by atoms with Gasteiger partial charge >= 0.3 is 0 Å². The molecule has 0 aliphatic heterocycles. The van der Waals surface area contributed by atoms with Crippen LogP contribution < -0.4 is 14.8 Å². The van der Waals surface area contributed by atoms with Gasteiger partial charge in [-0.15, -0.1) is 0 Å². The van der Waals surface area contributed by atoms with E-state index in [-0.39, 0.29) is 12.6 Å². The number of halogens is 1. The molecular weight excluding hydrogens is 310 g/mol. The summed E-state index contributed by atoms with van der Waals surface area (Å²) in [6.45, 7) is 6.73. The Labute approximate surface area is 122 Å². The van der Waals surface area contributed by atoms with Crippen LogP contribution in [-0.4, -0.2) is 31.5 Å². The molecule has 1 atom stereocenters. The van der Waals surface area contributed by atoms with Crippen LogP contribution in [0.1, 0.15) is 12.5 Å². The first-order valence-corrected chi connectivity index (χ1v) is 6.86. The first kappa shape index (κ1) is 16.0. The van der Waals surface area contributed by atoms with Crippen LogP contribution in [0.25, 0.3) is 0 Å². The normalized spacial score (nSPS) is 12.0. The Morgan fingerprint density at radius 1 is 1.53 bits per heavy atom. The largest absolute Gasteiger partial charge is 0.493 e.